The SMILES string of the molecule is CC.CCN.COc1ccc(CCO)cc1OC. The first kappa shape index (κ1) is 19.1. The minimum absolute atomic E-state index is 0.148. The fraction of sp³-hybridized carbons (Fsp3) is 0.571. The van der Waals surface area contributed by atoms with Crippen molar-refractivity contribution in [2.75, 3.05) is 27.4 Å². The average molecular weight is 257 g/mol. The van der Waals surface area contributed by atoms with Crippen LogP contribution in [0, 0.1) is 0 Å². The average Bonchev–Trinajstić information content (AvgIpc) is 2.42. The number of aliphatic hydroxyl groups is 1. The van der Waals surface area contributed by atoms with Gasteiger partial charge >= 0.3 is 0 Å². The van der Waals surface area contributed by atoms with Gasteiger partial charge in [0.15, 0.2) is 11.5 Å². The quantitative estimate of drug-likeness (QED) is 0.868. The van der Waals surface area contributed by atoms with Crippen molar-refractivity contribution in [2.45, 2.75) is 27.2 Å². The van der Waals surface area contributed by atoms with E-state index in [1.54, 1.807) is 14.2 Å². The smallest absolute Gasteiger partial charge is 0.160 e. The second-order valence-electron chi connectivity index (χ2n) is 3.07. The number of methoxy groups -OCH3 is 2. The van der Waals surface area contributed by atoms with Crippen LogP contribution in [0.1, 0.15) is 26.3 Å². The second kappa shape index (κ2) is 13.8. The van der Waals surface area contributed by atoms with Crippen molar-refractivity contribution in [2.24, 2.45) is 5.73 Å². The number of hydrogen-bond donors (Lipinski definition) is 2. The first-order valence-corrected chi connectivity index (χ1v) is 6.25. The lowest BCUT2D eigenvalue weighted by molar-refractivity contribution is 0.299. The van der Waals surface area contributed by atoms with Crippen LogP contribution in [0.3, 0.4) is 0 Å². The monoisotopic (exact) mass is 257 g/mol. The minimum atomic E-state index is 0.148. The molecule has 0 spiro atoms. The van der Waals surface area contributed by atoms with Crippen molar-refractivity contribution in [3.05, 3.63) is 23.8 Å². The second-order valence-corrected chi connectivity index (χ2v) is 3.07. The Labute approximate surface area is 111 Å². The van der Waals surface area contributed by atoms with E-state index in [0.717, 1.165) is 12.1 Å². The Balaban J connectivity index is 0. The van der Waals surface area contributed by atoms with Gasteiger partial charge in [0.2, 0.25) is 0 Å². The van der Waals surface area contributed by atoms with Gasteiger partial charge in [0, 0.05) is 6.61 Å². The third-order valence-corrected chi connectivity index (χ3v) is 1.85. The Morgan fingerprint density at radius 1 is 1.11 bits per heavy atom. The topological polar surface area (TPSA) is 64.7 Å². The van der Waals surface area contributed by atoms with E-state index in [2.05, 4.69) is 0 Å². The van der Waals surface area contributed by atoms with Gasteiger partial charge in [0.25, 0.3) is 0 Å². The van der Waals surface area contributed by atoms with Gasteiger partial charge in [-0.3, -0.25) is 0 Å². The third kappa shape index (κ3) is 7.92. The Hall–Kier alpha value is -1.26. The van der Waals surface area contributed by atoms with E-state index in [-0.39, 0.29) is 6.61 Å². The highest BCUT2D eigenvalue weighted by molar-refractivity contribution is 5.42. The molecule has 4 heteroatoms. The van der Waals surface area contributed by atoms with E-state index in [1.165, 1.54) is 0 Å². The van der Waals surface area contributed by atoms with Crippen molar-refractivity contribution < 1.29 is 14.6 Å². The lowest BCUT2D eigenvalue weighted by atomic mass is 10.1. The molecule has 0 aliphatic carbocycles. The summed E-state index contributed by atoms with van der Waals surface area (Å²) < 4.78 is 10.2. The molecule has 0 aliphatic rings. The molecule has 0 heterocycles. The van der Waals surface area contributed by atoms with Gasteiger partial charge in [0.05, 0.1) is 14.2 Å². The highest BCUT2D eigenvalue weighted by Crippen LogP contribution is 2.27. The first-order chi connectivity index (χ1) is 8.73. The van der Waals surface area contributed by atoms with E-state index in [4.69, 9.17) is 20.3 Å². The van der Waals surface area contributed by atoms with Crippen LogP contribution in [0.4, 0.5) is 0 Å². The number of hydrogen-bond acceptors (Lipinski definition) is 4. The molecule has 3 N–H and O–H groups in total. The zero-order valence-electron chi connectivity index (χ0n) is 12.2. The zero-order valence-corrected chi connectivity index (χ0v) is 12.2. The normalized spacial score (nSPS) is 8.39. The summed E-state index contributed by atoms with van der Waals surface area (Å²) in [4.78, 5) is 0. The predicted octanol–water partition coefficient (Wildman–Crippen LogP) is 2.23. The van der Waals surface area contributed by atoms with Crippen LogP contribution in [-0.2, 0) is 6.42 Å². The summed E-state index contributed by atoms with van der Waals surface area (Å²) in [6.45, 7) is 6.80. The molecule has 0 amide bonds. The van der Waals surface area contributed by atoms with Gasteiger partial charge in [0.1, 0.15) is 0 Å². The summed E-state index contributed by atoms with van der Waals surface area (Å²) in [7, 11) is 3.20. The highest BCUT2D eigenvalue weighted by Gasteiger charge is 2.03. The largest absolute Gasteiger partial charge is 0.493 e. The summed E-state index contributed by atoms with van der Waals surface area (Å²) in [6, 6.07) is 5.62. The van der Waals surface area contributed by atoms with Crippen molar-refractivity contribution in [3.63, 3.8) is 0 Å². The standard InChI is InChI=1S/C10H14O3.C2H7N.C2H6/c1-12-9-4-3-8(5-6-11)7-10(9)13-2;1-2-3;1-2/h3-4,7,11H,5-6H2,1-2H3;2-3H2,1H3;1-2H3. The zero-order chi connectivity index (χ0) is 14.4. The Bertz CT molecular complexity index is 290. The lowest BCUT2D eigenvalue weighted by Gasteiger charge is -2.08. The van der Waals surface area contributed by atoms with E-state index in [0.29, 0.717) is 17.9 Å². The maximum atomic E-state index is 8.74. The van der Waals surface area contributed by atoms with Crippen LogP contribution >= 0.6 is 0 Å². The molecule has 106 valence electrons. The maximum absolute atomic E-state index is 8.74. The molecule has 1 aromatic rings. The molecule has 0 aromatic heterocycles. The maximum Gasteiger partial charge on any atom is 0.160 e. The van der Waals surface area contributed by atoms with E-state index >= 15 is 0 Å². The summed E-state index contributed by atoms with van der Waals surface area (Å²) >= 11 is 0. The molecule has 0 aliphatic heterocycles. The van der Waals surface area contributed by atoms with Crippen molar-refractivity contribution >= 4 is 0 Å². The summed E-state index contributed by atoms with van der Waals surface area (Å²) in [5.74, 6) is 1.41. The van der Waals surface area contributed by atoms with E-state index in [9.17, 15) is 0 Å². The molecule has 0 saturated carbocycles. The molecule has 1 aromatic carbocycles. The number of aliphatic hydroxyl groups excluding tert-OH is 1. The van der Waals surface area contributed by atoms with Crippen molar-refractivity contribution in [1.82, 2.24) is 0 Å². The fourth-order valence-electron chi connectivity index (χ4n) is 1.17. The third-order valence-electron chi connectivity index (χ3n) is 1.85. The number of nitrogens with two attached hydrogens (primary N) is 1. The lowest BCUT2D eigenvalue weighted by Crippen LogP contribution is -1.94. The summed E-state index contributed by atoms with van der Waals surface area (Å²) in [5, 5.41) is 8.74. The molecule has 0 fully saturated rings. The summed E-state index contributed by atoms with van der Waals surface area (Å²) in [6.07, 6.45) is 0.639. The van der Waals surface area contributed by atoms with Crippen LogP contribution in [0.15, 0.2) is 18.2 Å². The van der Waals surface area contributed by atoms with Crippen LogP contribution in [0.25, 0.3) is 0 Å². The molecule has 4 nitrogen and oxygen atoms in total. The number of ether oxygens (including phenoxy) is 2. The highest BCUT2D eigenvalue weighted by atomic mass is 16.5. The van der Waals surface area contributed by atoms with Gasteiger partial charge in [-0.25, -0.2) is 0 Å². The van der Waals surface area contributed by atoms with Crippen molar-refractivity contribution in [1.29, 1.82) is 0 Å². The molecule has 0 saturated heterocycles. The molecule has 1 rings (SSSR count). The van der Waals surface area contributed by atoms with Crippen LogP contribution in [0.5, 0.6) is 11.5 Å². The van der Waals surface area contributed by atoms with Gasteiger partial charge < -0.3 is 20.3 Å². The van der Waals surface area contributed by atoms with E-state index in [1.807, 2.05) is 39.0 Å². The molecule has 0 radical (unpaired) electrons. The molecule has 0 unspecified atom stereocenters. The first-order valence-electron chi connectivity index (χ1n) is 6.25. The van der Waals surface area contributed by atoms with E-state index < -0.39 is 0 Å². The molecule has 0 bridgehead atoms. The Morgan fingerprint density at radius 2 is 1.61 bits per heavy atom. The Morgan fingerprint density at radius 3 is 2.00 bits per heavy atom. The van der Waals surface area contributed by atoms with Crippen LogP contribution < -0.4 is 15.2 Å². The molecular weight excluding hydrogens is 230 g/mol. The molecule has 0 atom stereocenters. The van der Waals surface area contributed by atoms with Crippen LogP contribution in [0.2, 0.25) is 0 Å². The fourth-order valence-corrected chi connectivity index (χ4v) is 1.17. The Kier molecular flexibility index (Phi) is 14.6. The van der Waals surface area contributed by atoms with Gasteiger partial charge in [-0.05, 0) is 30.7 Å². The van der Waals surface area contributed by atoms with Crippen molar-refractivity contribution in [3.8, 4) is 11.5 Å². The van der Waals surface area contributed by atoms with Gasteiger partial charge in [-0.2, -0.15) is 0 Å². The van der Waals surface area contributed by atoms with Gasteiger partial charge in [-0.15, -0.1) is 0 Å². The molecule has 18 heavy (non-hydrogen) atoms. The van der Waals surface area contributed by atoms with Crippen LogP contribution in [-0.4, -0.2) is 32.5 Å². The number of rotatable bonds is 4. The molecular formula is C14H27NO3. The van der Waals surface area contributed by atoms with Gasteiger partial charge in [-0.1, -0.05) is 26.8 Å². The summed E-state index contributed by atoms with van der Waals surface area (Å²) in [5.41, 5.74) is 5.89. The number of benzene rings is 1. The predicted molar refractivity (Wildman–Crippen MR) is 76.4 cm³/mol. The minimum Gasteiger partial charge on any atom is -0.493 e.